The second-order valence-electron chi connectivity index (χ2n) is 7.80. The number of halogens is 1. The van der Waals surface area contributed by atoms with E-state index in [1.807, 2.05) is 29.2 Å². The molecule has 2 aromatic carbocycles. The number of piperidine rings is 1. The SMILES string of the molecule is O=C(NC1CC1)c1ccc(OCC2CCN(C(=O)c3ccccc3Cl)CC2)cc1. The smallest absolute Gasteiger partial charge is 0.255 e. The van der Waals surface area contributed by atoms with Gasteiger partial charge in [0.25, 0.3) is 11.8 Å². The fraction of sp³-hybridized carbons (Fsp3) is 0.391. The van der Waals surface area contributed by atoms with Crippen molar-refractivity contribution in [3.8, 4) is 5.75 Å². The van der Waals surface area contributed by atoms with E-state index in [1.54, 1.807) is 24.3 Å². The van der Waals surface area contributed by atoms with Crippen LogP contribution in [0.4, 0.5) is 0 Å². The first-order valence-electron chi connectivity index (χ1n) is 10.2. The van der Waals surface area contributed by atoms with Gasteiger partial charge in [0, 0.05) is 24.7 Å². The van der Waals surface area contributed by atoms with Gasteiger partial charge in [-0.1, -0.05) is 23.7 Å². The van der Waals surface area contributed by atoms with Gasteiger partial charge in [0.05, 0.1) is 17.2 Å². The fourth-order valence-electron chi connectivity index (χ4n) is 3.52. The van der Waals surface area contributed by atoms with Crippen molar-refractivity contribution < 1.29 is 14.3 Å². The Kier molecular flexibility index (Phi) is 6.05. The molecule has 2 amide bonds. The summed E-state index contributed by atoms with van der Waals surface area (Å²) in [5.74, 6) is 1.15. The first-order valence-corrected chi connectivity index (χ1v) is 10.6. The monoisotopic (exact) mass is 412 g/mol. The van der Waals surface area contributed by atoms with Crippen molar-refractivity contribution in [3.05, 3.63) is 64.7 Å². The number of rotatable bonds is 6. The molecule has 0 radical (unpaired) electrons. The molecule has 2 aliphatic rings. The molecular weight excluding hydrogens is 388 g/mol. The van der Waals surface area contributed by atoms with Crippen LogP contribution < -0.4 is 10.1 Å². The van der Waals surface area contributed by atoms with Gasteiger partial charge in [-0.15, -0.1) is 0 Å². The van der Waals surface area contributed by atoms with Gasteiger partial charge in [0.2, 0.25) is 0 Å². The van der Waals surface area contributed by atoms with E-state index >= 15 is 0 Å². The largest absolute Gasteiger partial charge is 0.493 e. The van der Waals surface area contributed by atoms with Crippen LogP contribution in [0, 0.1) is 5.92 Å². The number of hydrogen-bond donors (Lipinski definition) is 1. The summed E-state index contributed by atoms with van der Waals surface area (Å²) in [6.45, 7) is 2.03. The number of nitrogens with zero attached hydrogens (tertiary/aromatic N) is 1. The van der Waals surface area contributed by atoms with E-state index in [4.69, 9.17) is 16.3 Å². The lowest BCUT2D eigenvalue weighted by Gasteiger charge is -2.32. The molecule has 0 aromatic heterocycles. The topological polar surface area (TPSA) is 58.6 Å². The van der Waals surface area contributed by atoms with Crippen LogP contribution >= 0.6 is 11.6 Å². The minimum atomic E-state index is -0.0189. The fourth-order valence-corrected chi connectivity index (χ4v) is 3.74. The van der Waals surface area contributed by atoms with Gasteiger partial charge < -0.3 is 15.0 Å². The van der Waals surface area contributed by atoms with Crippen molar-refractivity contribution in [2.45, 2.75) is 31.7 Å². The van der Waals surface area contributed by atoms with Crippen LogP contribution in [-0.4, -0.2) is 42.5 Å². The summed E-state index contributed by atoms with van der Waals surface area (Å²) in [6.07, 6.45) is 3.96. The van der Waals surface area contributed by atoms with Gasteiger partial charge >= 0.3 is 0 Å². The van der Waals surface area contributed by atoms with Gasteiger partial charge in [0.15, 0.2) is 0 Å². The first-order chi connectivity index (χ1) is 14.1. The summed E-state index contributed by atoms with van der Waals surface area (Å²) in [6, 6.07) is 14.8. The average molecular weight is 413 g/mol. The van der Waals surface area contributed by atoms with Crippen molar-refractivity contribution in [1.29, 1.82) is 0 Å². The number of nitrogens with one attached hydrogen (secondary N) is 1. The molecule has 1 aliphatic heterocycles. The molecule has 2 fully saturated rings. The quantitative estimate of drug-likeness (QED) is 0.774. The molecular formula is C23H25ClN2O3. The Morgan fingerprint density at radius 3 is 2.34 bits per heavy atom. The van der Waals surface area contributed by atoms with E-state index in [0.29, 0.717) is 47.8 Å². The molecule has 29 heavy (non-hydrogen) atoms. The lowest BCUT2D eigenvalue weighted by molar-refractivity contribution is 0.0661. The number of carbonyl (C=O) groups excluding carboxylic acids is 2. The Labute approximate surface area is 176 Å². The van der Waals surface area contributed by atoms with Gasteiger partial charge in [-0.05, 0) is 68.0 Å². The standard InChI is InChI=1S/C23H25ClN2O3/c24-21-4-2-1-3-20(21)23(28)26-13-11-16(12-14-26)15-29-19-9-5-17(6-10-19)22(27)25-18-7-8-18/h1-6,9-10,16,18H,7-8,11-15H2,(H,25,27). The lowest BCUT2D eigenvalue weighted by Crippen LogP contribution is -2.39. The zero-order chi connectivity index (χ0) is 20.2. The van der Waals surface area contributed by atoms with Crippen LogP contribution in [0.3, 0.4) is 0 Å². The van der Waals surface area contributed by atoms with Crippen molar-refractivity contribution in [2.24, 2.45) is 5.92 Å². The Hall–Kier alpha value is -2.53. The highest BCUT2D eigenvalue weighted by atomic mass is 35.5. The second-order valence-corrected chi connectivity index (χ2v) is 8.21. The summed E-state index contributed by atoms with van der Waals surface area (Å²) in [7, 11) is 0. The molecule has 1 saturated heterocycles. The molecule has 5 nitrogen and oxygen atoms in total. The van der Waals surface area contributed by atoms with E-state index in [1.165, 1.54) is 0 Å². The summed E-state index contributed by atoms with van der Waals surface area (Å²) in [5.41, 5.74) is 1.23. The molecule has 2 aromatic rings. The average Bonchev–Trinajstić information content (AvgIpc) is 3.57. The van der Waals surface area contributed by atoms with Gasteiger partial charge in [0.1, 0.15) is 5.75 Å². The molecule has 4 rings (SSSR count). The van der Waals surface area contributed by atoms with Crippen molar-refractivity contribution >= 4 is 23.4 Å². The van der Waals surface area contributed by atoms with E-state index in [9.17, 15) is 9.59 Å². The van der Waals surface area contributed by atoms with Gasteiger partial charge in [-0.25, -0.2) is 0 Å². The van der Waals surface area contributed by atoms with Gasteiger partial charge in [-0.2, -0.15) is 0 Å². The Balaban J connectivity index is 1.23. The van der Waals surface area contributed by atoms with Crippen molar-refractivity contribution in [3.63, 3.8) is 0 Å². The van der Waals surface area contributed by atoms with Crippen molar-refractivity contribution in [2.75, 3.05) is 19.7 Å². The van der Waals surface area contributed by atoms with Crippen LogP contribution in [-0.2, 0) is 0 Å². The zero-order valence-electron chi connectivity index (χ0n) is 16.3. The predicted octanol–water partition coefficient (Wildman–Crippen LogP) is 4.16. The highest BCUT2D eigenvalue weighted by Gasteiger charge is 2.25. The molecule has 0 atom stereocenters. The van der Waals surface area contributed by atoms with Crippen LogP contribution in [0.25, 0.3) is 0 Å². The maximum Gasteiger partial charge on any atom is 0.255 e. The summed E-state index contributed by atoms with van der Waals surface area (Å²) < 4.78 is 5.92. The third-order valence-electron chi connectivity index (χ3n) is 5.52. The minimum absolute atomic E-state index is 0.00460. The second kappa shape index (κ2) is 8.87. The highest BCUT2D eigenvalue weighted by molar-refractivity contribution is 6.33. The molecule has 6 heteroatoms. The van der Waals surface area contributed by atoms with Crippen molar-refractivity contribution in [1.82, 2.24) is 10.2 Å². The third kappa shape index (κ3) is 5.10. The van der Waals surface area contributed by atoms with E-state index in [-0.39, 0.29) is 11.8 Å². The maximum absolute atomic E-state index is 12.6. The molecule has 0 unspecified atom stereocenters. The number of ether oxygens (including phenoxy) is 1. The maximum atomic E-state index is 12.6. The van der Waals surface area contributed by atoms with E-state index in [0.717, 1.165) is 31.4 Å². The van der Waals surface area contributed by atoms with Gasteiger partial charge in [-0.3, -0.25) is 9.59 Å². The number of hydrogen-bond acceptors (Lipinski definition) is 3. The number of likely N-dealkylation sites (tertiary alicyclic amines) is 1. The third-order valence-corrected chi connectivity index (χ3v) is 5.85. The van der Waals surface area contributed by atoms with Crippen LogP contribution in [0.15, 0.2) is 48.5 Å². The molecule has 0 spiro atoms. The molecule has 1 N–H and O–H groups in total. The normalized spacial score (nSPS) is 17.1. The number of benzene rings is 2. The minimum Gasteiger partial charge on any atom is -0.493 e. The summed E-state index contributed by atoms with van der Waals surface area (Å²) in [4.78, 5) is 26.5. The first kappa shape index (κ1) is 19.8. The lowest BCUT2D eigenvalue weighted by atomic mass is 9.97. The highest BCUT2D eigenvalue weighted by Crippen LogP contribution is 2.24. The predicted molar refractivity (Wildman–Crippen MR) is 113 cm³/mol. The Morgan fingerprint density at radius 1 is 1.00 bits per heavy atom. The number of amides is 2. The van der Waals surface area contributed by atoms with Crippen LogP contribution in [0.1, 0.15) is 46.4 Å². The molecule has 1 aliphatic carbocycles. The zero-order valence-corrected chi connectivity index (χ0v) is 17.0. The molecule has 1 heterocycles. The Bertz CT molecular complexity index is 872. The van der Waals surface area contributed by atoms with E-state index in [2.05, 4.69) is 5.32 Å². The van der Waals surface area contributed by atoms with E-state index < -0.39 is 0 Å². The summed E-state index contributed by atoms with van der Waals surface area (Å²) >= 11 is 6.15. The Morgan fingerprint density at radius 2 is 1.69 bits per heavy atom. The summed E-state index contributed by atoms with van der Waals surface area (Å²) in [5, 5.41) is 3.48. The molecule has 152 valence electrons. The molecule has 1 saturated carbocycles. The van der Waals surface area contributed by atoms with Crippen LogP contribution in [0.5, 0.6) is 5.75 Å². The molecule has 0 bridgehead atoms. The number of carbonyl (C=O) groups is 2. The van der Waals surface area contributed by atoms with Crippen LogP contribution in [0.2, 0.25) is 5.02 Å².